The van der Waals surface area contributed by atoms with Gasteiger partial charge in [0.2, 0.25) is 0 Å². The van der Waals surface area contributed by atoms with Crippen molar-refractivity contribution < 1.29 is 13.6 Å². The molecule has 2 unspecified atom stereocenters. The van der Waals surface area contributed by atoms with Gasteiger partial charge < -0.3 is 0 Å². The maximum absolute atomic E-state index is 13.5. The maximum Gasteiger partial charge on any atom is 0.140 e. The van der Waals surface area contributed by atoms with E-state index in [2.05, 4.69) is 6.92 Å². The van der Waals surface area contributed by atoms with E-state index in [-0.39, 0.29) is 18.1 Å². The fourth-order valence-corrected chi connectivity index (χ4v) is 2.95. The molecule has 0 amide bonds. The molecule has 0 aromatic heterocycles. The summed E-state index contributed by atoms with van der Waals surface area (Å²) in [4.78, 5) is 12.2. The highest BCUT2D eigenvalue weighted by molar-refractivity contribution is 5.83. The normalized spacial score (nSPS) is 23.3. The predicted octanol–water partition coefficient (Wildman–Crippen LogP) is 4.29. The highest BCUT2D eigenvalue weighted by Crippen LogP contribution is 2.32. The van der Waals surface area contributed by atoms with Crippen LogP contribution in [0.2, 0.25) is 0 Å². The third-order valence-electron chi connectivity index (χ3n) is 4.20. The van der Waals surface area contributed by atoms with Crippen molar-refractivity contribution in [3.05, 3.63) is 35.4 Å². The SMILES string of the molecule is CCC1CCCC(C(=O)Cc2ccc(F)cc2F)C1. The van der Waals surface area contributed by atoms with Crippen LogP contribution >= 0.6 is 0 Å². The second-order valence-corrected chi connectivity index (χ2v) is 5.52. The van der Waals surface area contributed by atoms with Crippen molar-refractivity contribution in [2.24, 2.45) is 11.8 Å². The maximum atomic E-state index is 13.5. The Morgan fingerprint density at radius 1 is 1.32 bits per heavy atom. The average Bonchev–Trinajstić information content (AvgIpc) is 2.42. The lowest BCUT2D eigenvalue weighted by molar-refractivity contribution is -0.123. The number of ketones is 1. The zero-order valence-corrected chi connectivity index (χ0v) is 11.3. The van der Waals surface area contributed by atoms with Crippen molar-refractivity contribution in [3.8, 4) is 0 Å². The highest BCUT2D eigenvalue weighted by Gasteiger charge is 2.26. The van der Waals surface area contributed by atoms with Gasteiger partial charge in [0.15, 0.2) is 0 Å². The van der Waals surface area contributed by atoms with Gasteiger partial charge in [-0.25, -0.2) is 8.78 Å². The van der Waals surface area contributed by atoms with Crippen molar-refractivity contribution in [2.75, 3.05) is 0 Å². The van der Waals surface area contributed by atoms with Crippen LogP contribution in [0.5, 0.6) is 0 Å². The minimum atomic E-state index is -0.615. The first-order valence-electron chi connectivity index (χ1n) is 7.06. The molecule has 1 fully saturated rings. The second-order valence-electron chi connectivity index (χ2n) is 5.52. The number of carbonyl (C=O) groups is 1. The molecule has 1 saturated carbocycles. The number of rotatable bonds is 4. The van der Waals surface area contributed by atoms with E-state index in [1.54, 1.807) is 0 Å². The Morgan fingerprint density at radius 2 is 2.11 bits per heavy atom. The molecule has 0 radical (unpaired) electrons. The van der Waals surface area contributed by atoms with Crippen LogP contribution in [0.4, 0.5) is 8.78 Å². The van der Waals surface area contributed by atoms with Gasteiger partial charge >= 0.3 is 0 Å². The summed E-state index contributed by atoms with van der Waals surface area (Å²) >= 11 is 0. The topological polar surface area (TPSA) is 17.1 Å². The molecule has 0 bridgehead atoms. The number of Topliss-reactive ketones (excluding diaryl/α,β-unsaturated/α-hetero) is 1. The van der Waals surface area contributed by atoms with Crippen LogP contribution in [0.15, 0.2) is 18.2 Å². The standard InChI is InChI=1S/C16H20F2O/c1-2-11-4-3-5-13(8-11)16(19)9-12-6-7-14(17)10-15(12)18/h6-7,10-11,13H,2-5,8-9H2,1H3. The van der Waals surface area contributed by atoms with Crippen LogP contribution in [0.25, 0.3) is 0 Å². The van der Waals surface area contributed by atoms with Crippen LogP contribution in [-0.4, -0.2) is 5.78 Å². The van der Waals surface area contributed by atoms with Gasteiger partial charge in [-0.1, -0.05) is 32.3 Å². The van der Waals surface area contributed by atoms with Gasteiger partial charge in [-0.15, -0.1) is 0 Å². The van der Waals surface area contributed by atoms with Gasteiger partial charge in [0.1, 0.15) is 17.4 Å². The van der Waals surface area contributed by atoms with E-state index in [4.69, 9.17) is 0 Å². The van der Waals surface area contributed by atoms with Crippen LogP contribution in [0.1, 0.15) is 44.6 Å². The fourth-order valence-electron chi connectivity index (χ4n) is 2.95. The first-order valence-corrected chi connectivity index (χ1v) is 7.06. The second kappa shape index (κ2) is 6.27. The molecule has 1 aromatic rings. The van der Waals surface area contributed by atoms with Crippen molar-refractivity contribution in [2.45, 2.75) is 45.4 Å². The molecular formula is C16H20F2O. The van der Waals surface area contributed by atoms with E-state index in [1.807, 2.05) is 0 Å². The molecule has 19 heavy (non-hydrogen) atoms. The van der Waals surface area contributed by atoms with Crippen LogP contribution in [0.3, 0.4) is 0 Å². The van der Waals surface area contributed by atoms with E-state index < -0.39 is 11.6 Å². The van der Waals surface area contributed by atoms with Gasteiger partial charge in [-0.3, -0.25) is 4.79 Å². The van der Waals surface area contributed by atoms with E-state index in [1.165, 1.54) is 18.6 Å². The zero-order chi connectivity index (χ0) is 13.8. The lowest BCUT2D eigenvalue weighted by Crippen LogP contribution is -2.24. The number of carbonyl (C=O) groups excluding carboxylic acids is 1. The van der Waals surface area contributed by atoms with Gasteiger partial charge in [-0.05, 0) is 30.4 Å². The minimum absolute atomic E-state index is 0.0585. The summed E-state index contributed by atoms with van der Waals surface area (Å²) in [7, 11) is 0. The fraction of sp³-hybridized carbons (Fsp3) is 0.562. The molecular weight excluding hydrogens is 246 g/mol. The molecule has 2 rings (SSSR count). The Kier molecular flexibility index (Phi) is 4.67. The molecule has 104 valence electrons. The summed E-state index contributed by atoms with van der Waals surface area (Å²) in [6.45, 7) is 2.15. The van der Waals surface area contributed by atoms with Crippen molar-refractivity contribution in [3.63, 3.8) is 0 Å². The number of benzene rings is 1. The van der Waals surface area contributed by atoms with E-state index in [0.29, 0.717) is 11.5 Å². The zero-order valence-electron chi connectivity index (χ0n) is 11.3. The summed E-state index contributed by atoms with van der Waals surface area (Å²) in [6, 6.07) is 3.43. The Hall–Kier alpha value is -1.25. The molecule has 3 heteroatoms. The molecule has 1 aliphatic rings. The predicted molar refractivity (Wildman–Crippen MR) is 70.8 cm³/mol. The molecule has 0 N–H and O–H groups in total. The molecule has 2 atom stereocenters. The third kappa shape index (κ3) is 3.62. The lowest BCUT2D eigenvalue weighted by atomic mass is 9.77. The first kappa shape index (κ1) is 14.2. The van der Waals surface area contributed by atoms with Gasteiger partial charge in [0, 0.05) is 18.4 Å². The Labute approximate surface area is 113 Å². The van der Waals surface area contributed by atoms with E-state index in [0.717, 1.165) is 31.7 Å². The van der Waals surface area contributed by atoms with Crippen molar-refractivity contribution >= 4 is 5.78 Å². The highest BCUT2D eigenvalue weighted by atomic mass is 19.1. The monoisotopic (exact) mass is 266 g/mol. The summed E-state index contributed by atoms with van der Waals surface area (Å²) in [5, 5.41) is 0. The van der Waals surface area contributed by atoms with Gasteiger partial charge in [0.25, 0.3) is 0 Å². The Balaban J connectivity index is 2.00. The largest absolute Gasteiger partial charge is 0.299 e. The van der Waals surface area contributed by atoms with Crippen LogP contribution in [-0.2, 0) is 11.2 Å². The molecule has 1 aromatic carbocycles. The Bertz CT molecular complexity index is 456. The lowest BCUT2D eigenvalue weighted by Gasteiger charge is -2.27. The molecule has 1 aliphatic carbocycles. The Morgan fingerprint density at radius 3 is 2.79 bits per heavy atom. The summed E-state index contributed by atoms with van der Waals surface area (Å²) in [6.07, 6.45) is 5.32. The summed E-state index contributed by atoms with van der Waals surface area (Å²) in [5.41, 5.74) is 0.310. The van der Waals surface area contributed by atoms with E-state index in [9.17, 15) is 13.6 Å². The molecule has 0 saturated heterocycles. The summed E-state index contributed by atoms with van der Waals surface area (Å²) in [5.74, 6) is -0.429. The first-order chi connectivity index (χ1) is 9.10. The van der Waals surface area contributed by atoms with Crippen molar-refractivity contribution in [1.29, 1.82) is 0 Å². The average molecular weight is 266 g/mol. The molecule has 0 spiro atoms. The number of halogens is 2. The van der Waals surface area contributed by atoms with Crippen LogP contribution in [0, 0.1) is 23.5 Å². The molecule has 0 heterocycles. The number of hydrogen-bond donors (Lipinski definition) is 0. The van der Waals surface area contributed by atoms with Gasteiger partial charge in [-0.2, -0.15) is 0 Å². The van der Waals surface area contributed by atoms with E-state index >= 15 is 0 Å². The smallest absolute Gasteiger partial charge is 0.140 e. The minimum Gasteiger partial charge on any atom is -0.299 e. The summed E-state index contributed by atoms with van der Waals surface area (Å²) < 4.78 is 26.3. The molecule has 1 nitrogen and oxygen atoms in total. The number of hydrogen-bond acceptors (Lipinski definition) is 1. The molecule has 0 aliphatic heterocycles. The van der Waals surface area contributed by atoms with Gasteiger partial charge in [0.05, 0.1) is 0 Å². The third-order valence-corrected chi connectivity index (χ3v) is 4.20. The van der Waals surface area contributed by atoms with Crippen LogP contribution < -0.4 is 0 Å². The van der Waals surface area contributed by atoms with Crippen molar-refractivity contribution in [1.82, 2.24) is 0 Å². The quantitative estimate of drug-likeness (QED) is 0.794.